The molecule has 2 heterocycles. The second-order valence-electron chi connectivity index (χ2n) is 6.76. The van der Waals surface area contributed by atoms with Crippen molar-refractivity contribution in [2.45, 2.75) is 26.2 Å². The number of carbonyl (C=O) groups excluding carboxylic acids is 3. The third kappa shape index (κ3) is 5.51. The van der Waals surface area contributed by atoms with E-state index in [2.05, 4.69) is 20.8 Å². The van der Waals surface area contributed by atoms with Gasteiger partial charge < -0.3 is 15.5 Å². The van der Waals surface area contributed by atoms with E-state index in [-0.39, 0.29) is 27.7 Å². The highest BCUT2D eigenvalue weighted by molar-refractivity contribution is 7.15. The Morgan fingerprint density at radius 3 is 2.83 bits per heavy atom. The zero-order chi connectivity index (χ0) is 20.8. The molecular weight excluding hydrogens is 414 g/mol. The Balaban J connectivity index is 1.62. The van der Waals surface area contributed by atoms with E-state index < -0.39 is 5.91 Å². The third-order valence-electron chi connectivity index (χ3n) is 4.51. The number of carbonyl (C=O) groups is 3. The predicted molar refractivity (Wildman–Crippen MR) is 111 cm³/mol. The van der Waals surface area contributed by atoms with Crippen LogP contribution in [0.2, 0.25) is 5.02 Å². The van der Waals surface area contributed by atoms with Gasteiger partial charge in [-0.25, -0.2) is 0 Å². The number of halogens is 1. The Labute approximate surface area is 177 Å². The first-order valence-corrected chi connectivity index (χ1v) is 10.6. The van der Waals surface area contributed by atoms with Crippen molar-refractivity contribution in [3.63, 3.8) is 0 Å². The van der Waals surface area contributed by atoms with E-state index in [1.54, 1.807) is 29.2 Å². The Hall–Kier alpha value is -2.52. The van der Waals surface area contributed by atoms with E-state index in [1.165, 1.54) is 0 Å². The minimum absolute atomic E-state index is 0.0248. The van der Waals surface area contributed by atoms with Crippen molar-refractivity contribution in [3.05, 3.63) is 39.3 Å². The number of piperidine rings is 1. The van der Waals surface area contributed by atoms with E-state index in [4.69, 9.17) is 11.6 Å². The molecule has 1 saturated heterocycles. The molecule has 0 spiro atoms. The number of likely N-dealkylation sites (tertiary alicyclic amines) is 1. The normalized spacial score (nSPS) is 16.3. The molecule has 1 aliphatic rings. The summed E-state index contributed by atoms with van der Waals surface area (Å²) in [6.45, 7) is 3.52. The molecule has 1 aromatic carbocycles. The summed E-state index contributed by atoms with van der Waals surface area (Å²) in [7, 11) is 0. The van der Waals surface area contributed by atoms with E-state index in [0.717, 1.165) is 30.6 Å². The van der Waals surface area contributed by atoms with Crippen LogP contribution in [0.1, 0.15) is 45.8 Å². The molecule has 3 amide bonds. The molecule has 1 atom stereocenters. The van der Waals surface area contributed by atoms with Crippen LogP contribution in [0.4, 0.5) is 5.69 Å². The van der Waals surface area contributed by atoms with E-state index in [9.17, 15) is 14.4 Å². The molecule has 0 unspecified atom stereocenters. The van der Waals surface area contributed by atoms with Crippen molar-refractivity contribution in [1.29, 1.82) is 0 Å². The summed E-state index contributed by atoms with van der Waals surface area (Å²) in [6, 6.07) is 6.74. The van der Waals surface area contributed by atoms with Gasteiger partial charge >= 0.3 is 0 Å². The molecule has 2 aromatic rings. The number of anilines is 1. The standard InChI is InChI=1S/C19H22ClN5O3S/c1-2-8-21-15(26)12-5-4-9-25(11-12)19(28)18-24-23-17(29-18)16(27)22-14-7-3-6-13(20)10-14/h3,6-7,10,12H,2,4-5,8-9,11H2,1H3,(H,21,26)(H,22,27)/t12-/m0/s1. The quantitative estimate of drug-likeness (QED) is 0.725. The lowest BCUT2D eigenvalue weighted by Crippen LogP contribution is -2.45. The lowest BCUT2D eigenvalue weighted by atomic mass is 9.97. The highest BCUT2D eigenvalue weighted by Gasteiger charge is 2.30. The topological polar surface area (TPSA) is 104 Å². The summed E-state index contributed by atoms with van der Waals surface area (Å²) in [5.41, 5.74) is 0.530. The molecular formula is C19H22ClN5O3S. The lowest BCUT2D eigenvalue weighted by Gasteiger charge is -2.31. The Bertz CT molecular complexity index is 903. The summed E-state index contributed by atoms with van der Waals surface area (Å²) in [6.07, 6.45) is 2.37. The van der Waals surface area contributed by atoms with Crippen LogP contribution in [-0.4, -0.2) is 52.5 Å². The first-order valence-electron chi connectivity index (χ1n) is 9.45. The lowest BCUT2D eigenvalue weighted by molar-refractivity contribution is -0.126. The zero-order valence-corrected chi connectivity index (χ0v) is 17.6. The van der Waals surface area contributed by atoms with Gasteiger partial charge in [0.1, 0.15) is 0 Å². The SMILES string of the molecule is CCCNC(=O)[C@H]1CCCN(C(=O)c2nnc(C(=O)Nc3cccc(Cl)c3)s2)C1. The maximum absolute atomic E-state index is 12.8. The number of rotatable bonds is 6. The number of hydrogen-bond acceptors (Lipinski definition) is 6. The molecule has 0 bridgehead atoms. The van der Waals surface area contributed by atoms with Crippen molar-refractivity contribution in [2.75, 3.05) is 25.0 Å². The highest BCUT2D eigenvalue weighted by Crippen LogP contribution is 2.21. The fourth-order valence-electron chi connectivity index (χ4n) is 3.06. The van der Waals surface area contributed by atoms with Crippen LogP contribution in [0.25, 0.3) is 0 Å². The molecule has 8 nitrogen and oxygen atoms in total. The molecule has 10 heteroatoms. The number of hydrogen-bond donors (Lipinski definition) is 2. The monoisotopic (exact) mass is 435 g/mol. The highest BCUT2D eigenvalue weighted by atomic mass is 35.5. The van der Waals surface area contributed by atoms with Gasteiger partial charge in [-0.1, -0.05) is 35.9 Å². The van der Waals surface area contributed by atoms with Gasteiger partial charge in [0.15, 0.2) is 0 Å². The number of nitrogens with zero attached hydrogens (tertiary/aromatic N) is 3. The van der Waals surface area contributed by atoms with Crippen molar-refractivity contribution in [1.82, 2.24) is 20.4 Å². The minimum Gasteiger partial charge on any atom is -0.356 e. The van der Waals surface area contributed by atoms with Crippen LogP contribution < -0.4 is 10.6 Å². The van der Waals surface area contributed by atoms with Gasteiger partial charge in [0.25, 0.3) is 11.8 Å². The summed E-state index contributed by atoms with van der Waals surface area (Å²) < 4.78 is 0. The summed E-state index contributed by atoms with van der Waals surface area (Å²) in [4.78, 5) is 39.0. The first kappa shape index (κ1) is 21.2. The molecule has 0 aliphatic carbocycles. The van der Waals surface area contributed by atoms with Crippen LogP contribution in [0.5, 0.6) is 0 Å². The molecule has 1 aromatic heterocycles. The first-order chi connectivity index (χ1) is 14.0. The Morgan fingerprint density at radius 1 is 1.28 bits per heavy atom. The van der Waals surface area contributed by atoms with Crippen molar-refractivity contribution >= 4 is 46.3 Å². The van der Waals surface area contributed by atoms with E-state index in [0.29, 0.717) is 30.3 Å². The fourth-order valence-corrected chi connectivity index (χ4v) is 3.95. The molecule has 0 saturated carbocycles. The molecule has 3 rings (SSSR count). The van der Waals surface area contributed by atoms with Gasteiger partial charge in [-0.15, -0.1) is 10.2 Å². The van der Waals surface area contributed by atoms with Gasteiger partial charge in [-0.3, -0.25) is 14.4 Å². The Kier molecular flexibility index (Phi) is 7.16. The number of benzene rings is 1. The summed E-state index contributed by atoms with van der Waals surface area (Å²) in [5, 5.41) is 14.0. The fraction of sp³-hybridized carbons (Fsp3) is 0.421. The molecule has 1 fully saturated rings. The van der Waals surface area contributed by atoms with Crippen LogP contribution in [0.3, 0.4) is 0 Å². The second-order valence-corrected chi connectivity index (χ2v) is 8.17. The Morgan fingerprint density at radius 2 is 2.07 bits per heavy atom. The van der Waals surface area contributed by atoms with Gasteiger partial charge in [-0.2, -0.15) is 0 Å². The number of aromatic nitrogens is 2. The molecule has 29 heavy (non-hydrogen) atoms. The smallest absolute Gasteiger partial charge is 0.286 e. The molecule has 1 aliphatic heterocycles. The molecule has 0 radical (unpaired) electrons. The summed E-state index contributed by atoms with van der Waals surface area (Å²) in [5.74, 6) is -1.02. The third-order valence-corrected chi connectivity index (χ3v) is 5.66. The zero-order valence-electron chi connectivity index (χ0n) is 16.0. The maximum Gasteiger partial charge on any atom is 0.286 e. The summed E-state index contributed by atoms with van der Waals surface area (Å²) >= 11 is 6.84. The minimum atomic E-state index is -0.459. The van der Waals surface area contributed by atoms with Crippen LogP contribution in [0, 0.1) is 5.92 Å². The van der Waals surface area contributed by atoms with Crippen LogP contribution in [0.15, 0.2) is 24.3 Å². The number of amides is 3. The van der Waals surface area contributed by atoms with Gasteiger partial charge in [0.05, 0.1) is 5.92 Å². The average molecular weight is 436 g/mol. The van der Waals surface area contributed by atoms with Gasteiger partial charge in [0, 0.05) is 30.3 Å². The van der Waals surface area contributed by atoms with Gasteiger partial charge in [-0.05, 0) is 37.5 Å². The van der Waals surface area contributed by atoms with Crippen molar-refractivity contribution < 1.29 is 14.4 Å². The van der Waals surface area contributed by atoms with E-state index in [1.807, 2.05) is 6.92 Å². The predicted octanol–water partition coefficient (Wildman–Crippen LogP) is 2.82. The van der Waals surface area contributed by atoms with Crippen molar-refractivity contribution in [2.24, 2.45) is 5.92 Å². The molecule has 154 valence electrons. The van der Waals surface area contributed by atoms with E-state index >= 15 is 0 Å². The average Bonchev–Trinajstić information content (AvgIpc) is 3.22. The maximum atomic E-state index is 12.8. The largest absolute Gasteiger partial charge is 0.356 e. The van der Waals surface area contributed by atoms with Crippen LogP contribution >= 0.6 is 22.9 Å². The molecule has 2 N–H and O–H groups in total. The van der Waals surface area contributed by atoms with Crippen LogP contribution in [-0.2, 0) is 4.79 Å². The second kappa shape index (κ2) is 9.80. The van der Waals surface area contributed by atoms with Crippen molar-refractivity contribution in [3.8, 4) is 0 Å². The number of nitrogens with one attached hydrogen (secondary N) is 2. The van der Waals surface area contributed by atoms with Gasteiger partial charge in [0.2, 0.25) is 15.9 Å².